The number of aromatic nitrogens is 1. The summed E-state index contributed by atoms with van der Waals surface area (Å²) in [6.45, 7) is 0.567. The molecule has 0 aliphatic rings. The first-order valence-corrected chi connectivity index (χ1v) is 7.91. The molecule has 0 spiro atoms. The third kappa shape index (κ3) is 4.36. The van der Waals surface area contributed by atoms with Crippen LogP contribution in [0.5, 0.6) is 0 Å². The molecule has 7 nitrogen and oxygen atoms in total. The predicted molar refractivity (Wildman–Crippen MR) is 92.4 cm³/mol. The number of fused-ring (bicyclic) bond motifs is 1. The highest BCUT2D eigenvalue weighted by atomic mass is 16.8. The van der Waals surface area contributed by atoms with E-state index in [4.69, 9.17) is 9.94 Å². The van der Waals surface area contributed by atoms with E-state index >= 15 is 0 Å². The Hall–Kier alpha value is -2.87. The van der Waals surface area contributed by atoms with Crippen LogP contribution < -0.4 is 10.5 Å². The van der Waals surface area contributed by atoms with Gasteiger partial charge in [0.1, 0.15) is 6.61 Å². The van der Waals surface area contributed by atoms with Gasteiger partial charge in [0.25, 0.3) is 0 Å². The Morgan fingerprint density at radius 3 is 2.72 bits per heavy atom. The molecule has 3 rings (SSSR count). The first-order valence-electron chi connectivity index (χ1n) is 7.91. The van der Waals surface area contributed by atoms with E-state index in [0.29, 0.717) is 13.0 Å². The Balaban J connectivity index is 1.43. The van der Waals surface area contributed by atoms with Gasteiger partial charge in [-0.1, -0.05) is 18.2 Å². The van der Waals surface area contributed by atoms with Gasteiger partial charge in [-0.3, -0.25) is 0 Å². The fourth-order valence-corrected chi connectivity index (χ4v) is 2.58. The van der Waals surface area contributed by atoms with E-state index in [2.05, 4.69) is 10.3 Å². The Morgan fingerprint density at radius 1 is 1.20 bits per heavy atom. The number of rotatable bonds is 6. The Labute approximate surface area is 144 Å². The Kier molecular flexibility index (Phi) is 5.30. The number of quaternary nitrogens is 1. The lowest BCUT2D eigenvalue weighted by molar-refractivity contribution is -0.991. The van der Waals surface area contributed by atoms with Crippen molar-refractivity contribution < 1.29 is 20.0 Å². The molecule has 0 aliphatic heterocycles. The van der Waals surface area contributed by atoms with Gasteiger partial charge in [-0.2, -0.15) is 5.23 Å². The van der Waals surface area contributed by atoms with Gasteiger partial charge >= 0.3 is 6.09 Å². The monoisotopic (exact) mass is 341 g/mol. The van der Waals surface area contributed by atoms with Crippen LogP contribution in [0, 0.1) is 5.21 Å². The fourth-order valence-electron chi connectivity index (χ4n) is 2.58. The van der Waals surface area contributed by atoms with Gasteiger partial charge in [-0.15, -0.1) is 0 Å². The largest absolute Gasteiger partial charge is 0.595 e. The van der Waals surface area contributed by atoms with Crippen molar-refractivity contribution in [2.45, 2.75) is 13.0 Å². The third-order valence-electron chi connectivity index (χ3n) is 3.91. The number of hydrogen-bond donors (Lipinski definition) is 4. The molecule has 3 aromatic rings. The van der Waals surface area contributed by atoms with Gasteiger partial charge < -0.3 is 20.2 Å². The molecule has 1 unspecified atom stereocenters. The minimum atomic E-state index is -0.984. The number of ether oxygens (including phenoxy) is 1. The second kappa shape index (κ2) is 7.80. The molecule has 4 N–H and O–H groups in total. The molecule has 1 heterocycles. The molecule has 2 aromatic carbocycles. The molecule has 0 radical (unpaired) electrons. The van der Waals surface area contributed by atoms with E-state index < -0.39 is 11.3 Å². The number of benzene rings is 2. The summed E-state index contributed by atoms with van der Waals surface area (Å²) in [5.74, 6) is 0. The Morgan fingerprint density at radius 2 is 1.96 bits per heavy atom. The van der Waals surface area contributed by atoms with E-state index in [1.165, 1.54) is 12.1 Å². The minimum absolute atomic E-state index is 0.0960. The normalized spacial score (nSPS) is 12.1. The molecule has 1 amide bonds. The number of hydrogen-bond acceptors (Lipinski definition) is 4. The summed E-state index contributed by atoms with van der Waals surface area (Å²) >= 11 is 0. The van der Waals surface area contributed by atoms with Crippen molar-refractivity contribution in [2.24, 2.45) is 0 Å². The molecule has 0 saturated heterocycles. The van der Waals surface area contributed by atoms with Crippen LogP contribution in [0.4, 0.5) is 10.5 Å². The zero-order chi connectivity index (χ0) is 17.6. The molecule has 0 saturated carbocycles. The molecule has 7 heteroatoms. The highest BCUT2D eigenvalue weighted by Gasteiger charge is 2.06. The molecule has 1 aromatic heterocycles. The van der Waals surface area contributed by atoms with E-state index in [-0.39, 0.29) is 12.3 Å². The highest BCUT2D eigenvalue weighted by molar-refractivity contribution is 5.83. The first-order chi connectivity index (χ1) is 12.1. The van der Waals surface area contributed by atoms with Crippen LogP contribution in [-0.2, 0) is 17.8 Å². The molecule has 0 aliphatic carbocycles. The summed E-state index contributed by atoms with van der Waals surface area (Å²) in [5, 5.41) is 22.5. The highest BCUT2D eigenvalue weighted by Crippen LogP contribution is 2.17. The quantitative estimate of drug-likeness (QED) is 0.515. The topological polar surface area (TPSA) is 102 Å². The summed E-state index contributed by atoms with van der Waals surface area (Å²) in [7, 11) is 0. The molecular weight excluding hydrogens is 322 g/mol. The zero-order valence-corrected chi connectivity index (χ0v) is 13.5. The number of para-hydroxylation sites is 1. The van der Waals surface area contributed by atoms with Crippen molar-refractivity contribution in [3.05, 3.63) is 71.1 Å². The van der Waals surface area contributed by atoms with Gasteiger partial charge in [0.05, 0.1) is 0 Å². The SMILES string of the molecule is O=C(NCCc1c[nH]c2ccccc12)OCc1ccc([NH+]([O-])O)cc1. The van der Waals surface area contributed by atoms with Crippen LogP contribution >= 0.6 is 0 Å². The number of amides is 1. The van der Waals surface area contributed by atoms with Gasteiger partial charge in [-0.25, -0.2) is 10.0 Å². The van der Waals surface area contributed by atoms with Gasteiger partial charge in [0, 0.05) is 35.8 Å². The first kappa shape index (κ1) is 17.0. The second-order valence-corrected chi connectivity index (χ2v) is 5.61. The predicted octanol–water partition coefficient (Wildman–Crippen LogP) is 2.04. The number of carbonyl (C=O) groups is 1. The molecule has 25 heavy (non-hydrogen) atoms. The minimum Gasteiger partial charge on any atom is -0.595 e. The summed E-state index contributed by atoms with van der Waals surface area (Å²) in [6.07, 6.45) is 2.15. The standard InChI is InChI=1S/C18H19N3O4/c22-18(25-12-13-5-7-15(8-6-13)21(23)24)19-10-9-14-11-20-17-4-2-1-3-16(14)17/h1-8,11,20-21,23H,9-10,12H2,(H,19,22). The zero-order valence-electron chi connectivity index (χ0n) is 13.5. The molecule has 1 atom stereocenters. The average Bonchev–Trinajstić information content (AvgIpc) is 3.04. The number of H-pyrrole nitrogens is 1. The summed E-state index contributed by atoms with van der Waals surface area (Å²) in [5.41, 5.74) is 3.15. The lowest BCUT2D eigenvalue weighted by Crippen LogP contribution is -2.99. The van der Waals surface area contributed by atoms with Crippen molar-refractivity contribution in [1.29, 1.82) is 0 Å². The van der Waals surface area contributed by atoms with Crippen LogP contribution in [0.2, 0.25) is 0 Å². The molecule has 0 bridgehead atoms. The maximum Gasteiger partial charge on any atom is 0.407 e. The maximum atomic E-state index is 11.7. The lowest BCUT2D eigenvalue weighted by Gasteiger charge is -2.11. The molecular formula is C18H19N3O4. The van der Waals surface area contributed by atoms with E-state index in [9.17, 15) is 10.0 Å². The van der Waals surface area contributed by atoms with Gasteiger partial charge in [0.15, 0.2) is 5.69 Å². The molecule has 0 fully saturated rings. The average molecular weight is 341 g/mol. The number of nitrogens with one attached hydrogen (secondary N) is 3. The van der Waals surface area contributed by atoms with Crippen molar-refractivity contribution in [2.75, 3.05) is 6.54 Å². The smallest absolute Gasteiger partial charge is 0.407 e. The van der Waals surface area contributed by atoms with Crippen LogP contribution in [0.25, 0.3) is 10.9 Å². The lowest BCUT2D eigenvalue weighted by atomic mass is 10.1. The van der Waals surface area contributed by atoms with E-state index in [1.807, 2.05) is 30.5 Å². The van der Waals surface area contributed by atoms with E-state index in [1.54, 1.807) is 12.1 Å². The third-order valence-corrected chi connectivity index (χ3v) is 3.91. The van der Waals surface area contributed by atoms with Crippen molar-refractivity contribution in [3.8, 4) is 0 Å². The van der Waals surface area contributed by atoms with Crippen LogP contribution in [0.3, 0.4) is 0 Å². The number of alkyl carbamates (subject to hydrolysis) is 1. The number of aromatic amines is 1. The maximum absolute atomic E-state index is 11.7. The van der Waals surface area contributed by atoms with Crippen LogP contribution in [0.15, 0.2) is 54.7 Å². The number of carbonyl (C=O) groups excluding carboxylic acids is 1. The summed E-state index contributed by atoms with van der Waals surface area (Å²) < 4.78 is 5.13. The van der Waals surface area contributed by atoms with E-state index in [0.717, 1.165) is 22.0 Å². The Bertz CT molecular complexity index is 843. The van der Waals surface area contributed by atoms with Crippen molar-refractivity contribution >= 4 is 22.7 Å². The summed E-state index contributed by atoms with van der Waals surface area (Å²) in [4.78, 5) is 14.9. The second-order valence-electron chi connectivity index (χ2n) is 5.61. The molecule has 130 valence electrons. The van der Waals surface area contributed by atoms with Crippen LogP contribution in [0.1, 0.15) is 11.1 Å². The van der Waals surface area contributed by atoms with Gasteiger partial charge in [-0.05, 0) is 35.7 Å². The van der Waals surface area contributed by atoms with Crippen LogP contribution in [-0.4, -0.2) is 22.8 Å². The van der Waals surface area contributed by atoms with Gasteiger partial charge in [0.2, 0.25) is 0 Å². The fraction of sp³-hybridized carbons (Fsp3) is 0.167. The summed E-state index contributed by atoms with van der Waals surface area (Å²) in [6, 6.07) is 14.2. The van der Waals surface area contributed by atoms with Crippen molar-refractivity contribution in [3.63, 3.8) is 0 Å². The van der Waals surface area contributed by atoms with Crippen molar-refractivity contribution in [1.82, 2.24) is 10.3 Å².